The van der Waals surface area contributed by atoms with Crippen molar-refractivity contribution in [1.29, 1.82) is 0 Å². The van der Waals surface area contributed by atoms with Crippen LogP contribution in [0.25, 0.3) is 10.9 Å². The Morgan fingerprint density at radius 3 is 2.69 bits per heavy atom. The molecular weight excluding hydrogens is 440 g/mol. The van der Waals surface area contributed by atoms with E-state index in [2.05, 4.69) is 75.7 Å². The number of aromatic nitrogens is 5. The average molecular weight is 473 g/mol. The first-order valence-corrected chi connectivity index (χ1v) is 12.4. The quantitative estimate of drug-likeness (QED) is 0.399. The highest BCUT2D eigenvalue weighted by Gasteiger charge is 2.21. The molecule has 5 rings (SSSR count). The van der Waals surface area contributed by atoms with Crippen molar-refractivity contribution in [2.45, 2.75) is 65.4 Å². The van der Waals surface area contributed by atoms with Gasteiger partial charge in [0.2, 0.25) is 0 Å². The molecule has 8 heteroatoms. The van der Waals surface area contributed by atoms with Gasteiger partial charge in [-0.3, -0.25) is 9.69 Å². The van der Waals surface area contributed by atoms with Crippen LogP contribution in [0.2, 0.25) is 0 Å². The summed E-state index contributed by atoms with van der Waals surface area (Å²) >= 11 is 0. The van der Waals surface area contributed by atoms with Gasteiger partial charge in [0.1, 0.15) is 0 Å². The average Bonchev–Trinajstić information content (AvgIpc) is 3.53. The van der Waals surface area contributed by atoms with Gasteiger partial charge in [-0.15, -0.1) is 5.10 Å². The number of H-pyrrole nitrogens is 1. The molecule has 3 heterocycles. The van der Waals surface area contributed by atoms with E-state index in [4.69, 9.17) is 4.74 Å². The van der Waals surface area contributed by atoms with Gasteiger partial charge in [-0.25, -0.2) is 4.68 Å². The minimum absolute atomic E-state index is 0.0606. The third-order valence-electron chi connectivity index (χ3n) is 6.69. The molecule has 1 N–H and O–H groups in total. The van der Waals surface area contributed by atoms with Gasteiger partial charge in [0.05, 0.1) is 19.2 Å². The lowest BCUT2D eigenvalue weighted by molar-refractivity contribution is 0.0914. The maximum Gasteiger partial charge on any atom is 0.252 e. The first-order chi connectivity index (χ1) is 17.1. The molecule has 0 spiro atoms. The maximum absolute atomic E-state index is 13.0. The Kier molecular flexibility index (Phi) is 7.01. The number of hydrogen-bond acceptors (Lipinski definition) is 6. The molecule has 8 nitrogen and oxygen atoms in total. The van der Waals surface area contributed by atoms with E-state index in [1.807, 2.05) is 16.8 Å². The number of aromatic amines is 1. The normalized spacial score (nSPS) is 15.9. The molecule has 1 aliphatic rings. The third kappa shape index (κ3) is 5.66. The number of ether oxygens (including phenoxy) is 1. The molecule has 0 saturated carbocycles. The van der Waals surface area contributed by atoms with Crippen LogP contribution in [0.5, 0.6) is 0 Å². The van der Waals surface area contributed by atoms with Crippen LogP contribution in [0.1, 0.15) is 47.8 Å². The molecule has 182 valence electrons. The molecule has 0 bridgehead atoms. The largest absolute Gasteiger partial charge is 0.376 e. The number of fused-ring (bicyclic) bond motifs is 1. The van der Waals surface area contributed by atoms with E-state index in [0.717, 1.165) is 48.2 Å². The fourth-order valence-corrected chi connectivity index (χ4v) is 4.66. The molecule has 0 radical (unpaired) electrons. The highest BCUT2D eigenvalue weighted by molar-refractivity contribution is 5.79. The fraction of sp³-hybridized carbons (Fsp3) is 0.407. The van der Waals surface area contributed by atoms with Crippen molar-refractivity contribution in [1.82, 2.24) is 30.1 Å². The Bertz CT molecular complexity index is 1340. The number of pyridine rings is 1. The molecule has 1 aliphatic heterocycles. The number of aryl methyl sites for hydroxylation is 2. The van der Waals surface area contributed by atoms with Crippen molar-refractivity contribution in [3.05, 3.63) is 87.0 Å². The summed E-state index contributed by atoms with van der Waals surface area (Å²) in [6.07, 6.45) is 3.21. The van der Waals surface area contributed by atoms with Crippen LogP contribution in [0, 0.1) is 6.92 Å². The van der Waals surface area contributed by atoms with E-state index in [1.54, 1.807) is 0 Å². The molecular formula is C27H32N6O2. The molecule has 2 aromatic carbocycles. The molecule has 0 amide bonds. The molecule has 2 aromatic heterocycles. The number of tetrazole rings is 1. The van der Waals surface area contributed by atoms with Gasteiger partial charge in [-0.1, -0.05) is 42.8 Å². The SMILES string of the molecule is CCc1ccc2[nH]c(=O)c(CN(Cc3ccc(C)cc3)Cc3nnnn3CC3CCCO3)cc2c1. The van der Waals surface area contributed by atoms with Gasteiger partial charge < -0.3 is 9.72 Å². The summed E-state index contributed by atoms with van der Waals surface area (Å²) in [5.74, 6) is 0.776. The van der Waals surface area contributed by atoms with Crippen molar-refractivity contribution in [3.63, 3.8) is 0 Å². The Labute approximate surface area is 204 Å². The predicted molar refractivity (Wildman–Crippen MR) is 135 cm³/mol. The minimum atomic E-state index is -0.0606. The third-order valence-corrected chi connectivity index (χ3v) is 6.69. The first kappa shape index (κ1) is 23.4. The molecule has 1 atom stereocenters. The van der Waals surface area contributed by atoms with Crippen LogP contribution in [0.4, 0.5) is 0 Å². The highest BCUT2D eigenvalue weighted by Crippen LogP contribution is 2.18. The second kappa shape index (κ2) is 10.5. The highest BCUT2D eigenvalue weighted by atomic mass is 16.5. The maximum atomic E-state index is 13.0. The van der Waals surface area contributed by atoms with Crippen molar-refractivity contribution >= 4 is 10.9 Å². The lowest BCUT2D eigenvalue weighted by Gasteiger charge is -2.22. The topological polar surface area (TPSA) is 88.9 Å². The molecule has 35 heavy (non-hydrogen) atoms. The Morgan fingerprint density at radius 1 is 1.09 bits per heavy atom. The lowest BCUT2D eigenvalue weighted by Crippen LogP contribution is -2.29. The molecule has 1 fully saturated rings. The van der Waals surface area contributed by atoms with Gasteiger partial charge >= 0.3 is 0 Å². The van der Waals surface area contributed by atoms with E-state index >= 15 is 0 Å². The molecule has 1 unspecified atom stereocenters. The smallest absolute Gasteiger partial charge is 0.252 e. The van der Waals surface area contributed by atoms with E-state index in [0.29, 0.717) is 26.2 Å². The van der Waals surface area contributed by atoms with Crippen LogP contribution < -0.4 is 5.56 Å². The Hall–Kier alpha value is -3.36. The van der Waals surface area contributed by atoms with Crippen LogP contribution in [0.15, 0.2) is 53.3 Å². The molecule has 0 aliphatic carbocycles. The summed E-state index contributed by atoms with van der Waals surface area (Å²) in [7, 11) is 0. The van der Waals surface area contributed by atoms with Crippen LogP contribution >= 0.6 is 0 Å². The van der Waals surface area contributed by atoms with Crippen molar-refractivity contribution < 1.29 is 4.74 Å². The van der Waals surface area contributed by atoms with E-state index in [-0.39, 0.29) is 11.7 Å². The van der Waals surface area contributed by atoms with Crippen molar-refractivity contribution in [2.24, 2.45) is 0 Å². The summed E-state index contributed by atoms with van der Waals surface area (Å²) < 4.78 is 7.63. The van der Waals surface area contributed by atoms with Crippen molar-refractivity contribution in [2.75, 3.05) is 6.61 Å². The van der Waals surface area contributed by atoms with Gasteiger partial charge in [-0.05, 0) is 71.3 Å². The van der Waals surface area contributed by atoms with Gasteiger partial charge in [0.15, 0.2) is 5.82 Å². The molecule has 4 aromatic rings. The van der Waals surface area contributed by atoms with Gasteiger partial charge in [-0.2, -0.15) is 0 Å². The van der Waals surface area contributed by atoms with Gasteiger partial charge in [0.25, 0.3) is 5.56 Å². The summed E-state index contributed by atoms with van der Waals surface area (Å²) in [6, 6.07) is 16.7. The van der Waals surface area contributed by atoms with Crippen LogP contribution in [0.3, 0.4) is 0 Å². The number of rotatable bonds is 9. The number of hydrogen-bond donors (Lipinski definition) is 1. The second-order valence-corrected chi connectivity index (χ2v) is 9.44. The zero-order valence-electron chi connectivity index (χ0n) is 20.4. The predicted octanol–water partition coefficient (Wildman–Crippen LogP) is 3.77. The monoisotopic (exact) mass is 472 g/mol. The first-order valence-electron chi connectivity index (χ1n) is 12.4. The summed E-state index contributed by atoms with van der Waals surface area (Å²) in [4.78, 5) is 18.3. The van der Waals surface area contributed by atoms with Gasteiger partial charge in [0, 0.05) is 30.8 Å². The summed E-state index contributed by atoms with van der Waals surface area (Å²) in [5.41, 5.74) is 5.19. The van der Waals surface area contributed by atoms with Crippen LogP contribution in [-0.4, -0.2) is 42.8 Å². The van der Waals surface area contributed by atoms with Crippen LogP contribution in [-0.2, 0) is 37.3 Å². The fourth-order valence-electron chi connectivity index (χ4n) is 4.66. The summed E-state index contributed by atoms with van der Waals surface area (Å²) in [5, 5.41) is 13.5. The Balaban J connectivity index is 1.43. The van der Waals surface area contributed by atoms with E-state index in [1.165, 1.54) is 16.7 Å². The standard InChI is InChI=1S/C27H32N6O2/c1-3-20-10-11-25-22(13-20)14-23(27(34)28-25)16-32(15-21-8-6-19(2)7-9-21)18-26-29-30-31-33(26)17-24-5-4-12-35-24/h6-11,13-14,24H,3-5,12,15-18H2,1-2H3,(H,28,34). The van der Waals surface area contributed by atoms with E-state index in [9.17, 15) is 4.79 Å². The lowest BCUT2D eigenvalue weighted by atomic mass is 10.1. The Morgan fingerprint density at radius 2 is 1.91 bits per heavy atom. The van der Waals surface area contributed by atoms with E-state index < -0.39 is 0 Å². The zero-order chi connectivity index (χ0) is 24.2. The number of benzene rings is 2. The summed E-state index contributed by atoms with van der Waals surface area (Å²) in [6.45, 7) is 7.36. The van der Waals surface area contributed by atoms with Crippen molar-refractivity contribution in [3.8, 4) is 0 Å². The molecule has 1 saturated heterocycles. The number of nitrogens with zero attached hydrogens (tertiary/aromatic N) is 5. The zero-order valence-corrected chi connectivity index (χ0v) is 20.4. The number of nitrogens with one attached hydrogen (secondary N) is 1. The second-order valence-electron chi connectivity index (χ2n) is 9.44. The minimum Gasteiger partial charge on any atom is -0.376 e.